The zero-order chi connectivity index (χ0) is 11.4. The summed E-state index contributed by atoms with van der Waals surface area (Å²) in [6.45, 7) is 7.40. The van der Waals surface area contributed by atoms with Gasteiger partial charge in [0.15, 0.2) is 0 Å². The van der Waals surface area contributed by atoms with Gasteiger partial charge < -0.3 is 4.57 Å². The summed E-state index contributed by atoms with van der Waals surface area (Å²) in [4.78, 5) is 0. The summed E-state index contributed by atoms with van der Waals surface area (Å²) in [7, 11) is -0.620. The van der Waals surface area contributed by atoms with Gasteiger partial charge in [-0.3, -0.25) is 0 Å². The molecule has 94 valence electrons. The molecule has 0 N–H and O–H groups in total. The van der Waals surface area contributed by atoms with Gasteiger partial charge >= 0.3 is 0 Å². The zero-order valence-corrected chi connectivity index (χ0v) is 12.4. The predicted octanol–water partition coefficient (Wildman–Crippen LogP) is 3.94. The van der Waals surface area contributed by atoms with Gasteiger partial charge in [0.2, 0.25) is 0 Å². The van der Waals surface area contributed by atoms with Gasteiger partial charge in [0.1, 0.15) is 8.96 Å². The van der Waals surface area contributed by atoms with Gasteiger partial charge in [-0.05, 0) is 24.2 Å². The van der Waals surface area contributed by atoms with Crippen molar-refractivity contribution in [2.75, 3.05) is 13.1 Å². The van der Waals surface area contributed by atoms with E-state index in [4.69, 9.17) is 0 Å². The molecule has 2 heteroatoms. The van der Waals surface area contributed by atoms with Crippen LogP contribution < -0.4 is 0 Å². The quantitative estimate of drug-likeness (QED) is 0.657. The van der Waals surface area contributed by atoms with E-state index in [1.54, 1.807) is 25.7 Å². The summed E-state index contributed by atoms with van der Waals surface area (Å²) in [5.74, 6) is 0. The van der Waals surface area contributed by atoms with Gasteiger partial charge in [0, 0.05) is 0 Å². The van der Waals surface area contributed by atoms with Crippen LogP contribution in [-0.4, -0.2) is 26.6 Å². The van der Waals surface area contributed by atoms with Crippen LogP contribution in [0, 0.1) is 0 Å². The van der Waals surface area contributed by atoms with Crippen molar-refractivity contribution in [3.8, 4) is 0 Å². The van der Waals surface area contributed by atoms with Gasteiger partial charge in [-0.25, -0.2) is 0 Å². The Morgan fingerprint density at radius 2 is 1.19 bits per heavy atom. The van der Waals surface area contributed by atoms with Crippen molar-refractivity contribution in [1.29, 1.82) is 0 Å². The third-order valence-electron chi connectivity index (χ3n) is 5.00. The van der Waals surface area contributed by atoms with Gasteiger partial charge in [0.25, 0.3) is 0 Å². The van der Waals surface area contributed by atoms with E-state index < -0.39 is 8.96 Å². The molecule has 2 aliphatic rings. The van der Waals surface area contributed by atoms with Crippen LogP contribution in [0.4, 0.5) is 0 Å². The molecule has 0 aromatic rings. The highest BCUT2D eigenvalue weighted by Crippen LogP contribution is 2.44. The minimum absolute atomic E-state index is 0.620. The third kappa shape index (κ3) is 2.70. The Labute approximate surface area is 103 Å². The molecular weight excluding hydrogens is 210 g/mol. The molecule has 0 heterocycles. The normalized spacial score (nSPS) is 24.0. The van der Waals surface area contributed by atoms with E-state index in [9.17, 15) is 0 Å². The fraction of sp³-hybridized carbons (Fsp3) is 1.00. The lowest BCUT2D eigenvalue weighted by molar-refractivity contribution is 0.450. The summed E-state index contributed by atoms with van der Waals surface area (Å²) in [6.07, 6.45) is 12.4. The van der Waals surface area contributed by atoms with Crippen molar-refractivity contribution in [1.82, 2.24) is 4.57 Å². The summed E-state index contributed by atoms with van der Waals surface area (Å²) in [5.41, 5.74) is 2.34. The van der Waals surface area contributed by atoms with Gasteiger partial charge in [-0.1, -0.05) is 65.2 Å². The van der Waals surface area contributed by atoms with Crippen LogP contribution in [0.5, 0.6) is 0 Å². The lowest BCUT2D eigenvalue weighted by atomic mass is 10.3. The molecule has 0 atom stereocenters. The molecule has 0 bridgehead atoms. The average Bonchev–Trinajstić information content (AvgIpc) is 2.98. The van der Waals surface area contributed by atoms with E-state index >= 15 is 0 Å². The van der Waals surface area contributed by atoms with Crippen LogP contribution in [0.1, 0.15) is 65.2 Å². The smallest absolute Gasteiger partial charge is 0.118 e. The highest BCUT2D eigenvalue weighted by atomic mass is 28.3. The summed E-state index contributed by atoms with van der Waals surface area (Å²) in [6, 6.07) is 0. The van der Waals surface area contributed by atoms with E-state index in [0.29, 0.717) is 0 Å². The molecule has 0 spiro atoms. The monoisotopic (exact) mass is 239 g/mol. The molecule has 0 unspecified atom stereocenters. The lowest BCUT2D eigenvalue weighted by Crippen LogP contribution is -2.45. The van der Waals surface area contributed by atoms with Gasteiger partial charge in [-0.15, -0.1) is 0 Å². The van der Waals surface area contributed by atoms with E-state index in [1.807, 2.05) is 0 Å². The second-order valence-corrected chi connectivity index (χ2v) is 9.40. The van der Waals surface area contributed by atoms with Crippen LogP contribution >= 0.6 is 0 Å². The molecular formula is C14H29NSi. The standard InChI is InChI=1S/C14H29NSi/c1-3-15(4-2)16(13-9-5-6-10-13)14-11-7-8-12-14/h13-14,16H,3-12H2,1-2H3. The molecule has 0 aromatic heterocycles. The van der Waals surface area contributed by atoms with Crippen LogP contribution in [0.25, 0.3) is 0 Å². The first-order chi connectivity index (χ1) is 7.86. The highest BCUT2D eigenvalue weighted by molar-refractivity contribution is 6.59. The van der Waals surface area contributed by atoms with Crippen molar-refractivity contribution in [2.45, 2.75) is 76.3 Å². The van der Waals surface area contributed by atoms with Crippen molar-refractivity contribution in [3.05, 3.63) is 0 Å². The number of rotatable bonds is 5. The lowest BCUT2D eigenvalue weighted by Gasteiger charge is -2.37. The van der Waals surface area contributed by atoms with E-state index in [0.717, 1.165) is 0 Å². The fourth-order valence-electron chi connectivity index (χ4n) is 4.22. The Bertz CT molecular complexity index is 172. The minimum Gasteiger partial charge on any atom is -0.326 e. The summed E-state index contributed by atoms with van der Waals surface area (Å²) >= 11 is 0. The maximum absolute atomic E-state index is 2.91. The molecule has 2 aliphatic carbocycles. The van der Waals surface area contributed by atoms with E-state index in [2.05, 4.69) is 18.4 Å². The first kappa shape index (κ1) is 12.6. The third-order valence-corrected chi connectivity index (χ3v) is 9.84. The Kier molecular flexibility index (Phi) is 4.90. The van der Waals surface area contributed by atoms with Crippen molar-refractivity contribution < 1.29 is 0 Å². The molecule has 0 radical (unpaired) electrons. The summed E-state index contributed by atoms with van der Waals surface area (Å²) in [5, 5.41) is 0. The van der Waals surface area contributed by atoms with Crippen LogP contribution in [0.15, 0.2) is 0 Å². The molecule has 0 amide bonds. The SMILES string of the molecule is CCN(CC)[SiH](C1CCCC1)C1CCCC1. The van der Waals surface area contributed by atoms with E-state index in [-0.39, 0.29) is 0 Å². The summed E-state index contributed by atoms with van der Waals surface area (Å²) < 4.78 is 2.91. The molecule has 2 rings (SSSR count). The van der Waals surface area contributed by atoms with Crippen molar-refractivity contribution >= 4 is 8.96 Å². The largest absolute Gasteiger partial charge is 0.326 e. The second kappa shape index (κ2) is 6.20. The fourth-order valence-corrected chi connectivity index (χ4v) is 9.34. The predicted molar refractivity (Wildman–Crippen MR) is 74.5 cm³/mol. The van der Waals surface area contributed by atoms with Crippen LogP contribution in [-0.2, 0) is 0 Å². The maximum Gasteiger partial charge on any atom is 0.118 e. The van der Waals surface area contributed by atoms with Crippen LogP contribution in [0.3, 0.4) is 0 Å². The first-order valence-corrected chi connectivity index (χ1v) is 9.45. The Balaban J connectivity index is 2.03. The molecule has 0 saturated heterocycles. The van der Waals surface area contributed by atoms with E-state index in [1.165, 1.54) is 49.9 Å². The first-order valence-electron chi connectivity index (χ1n) is 7.60. The minimum atomic E-state index is -0.620. The second-order valence-electron chi connectivity index (χ2n) is 5.80. The molecule has 2 fully saturated rings. The van der Waals surface area contributed by atoms with Crippen molar-refractivity contribution in [2.24, 2.45) is 0 Å². The maximum atomic E-state index is 2.91. The number of nitrogens with zero attached hydrogens (tertiary/aromatic N) is 1. The highest BCUT2D eigenvalue weighted by Gasteiger charge is 2.37. The molecule has 2 saturated carbocycles. The molecule has 0 aliphatic heterocycles. The molecule has 16 heavy (non-hydrogen) atoms. The molecule has 0 aromatic carbocycles. The van der Waals surface area contributed by atoms with Crippen molar-refractivity contribution in [3.63, 3.8) is 0 Å². The topological polar surface area (TPSA) is 3.24 Å². The Morgan fingerprint density at radius 3 is 1.50 bits per heavy atom. The zero-order valence-electron chi connectivity index (χ0n) is 11.3. The van der Waals surface area contributed by atoms with Gasteiger partial charge in [0.05, 0.1) is 0 Å². The number of hydrogen-bond donors (Lipinski definition) is 0. The Hall–Kier alpha value is 0.177. The molecule has 1 nitrogen and oxygen atoms in total. The van der Waals surface area contributed by atoms with Gasteiger partial charge in [-0.2, -0.15) is 0 Å². The van der Waals surface area contributed by atoms with Crippen LogP contribution in [0.2, 0.25) is 11.1 Å². The number of hydrogen-bond acceptors (Lipinski definition) is 1. The average molecular weight is 239 g/mol. The Morgan fingerprint density at radius 1 is 0.812 bits per heavy atom.